The van der Waals surface area contributed by atoms with Gasteiger partial charge in [0.25, 0.3) is 0 Å². The number of furan rings is 1. The number of nitrogens with one attached hydrogen (secondary N) is 1. The van der Waals surface area contributed by atoms with Gasteiger partial charge in [-0.1, -0.05) is 0 Å². The molecule has 2 aromatic heterocycles. The number of aryl methyl sites for hydroxylation is 2. The van der Waals surface area contributed by atoms with Crippen LogP contribution in [0.25, 0.3) is 0 Å². The van der Waals surface area contributed by atoms with Crippen LogP contribution >= 0.6 is 0 Å². The predicted molar refractivity (Wildman–Crippen MR) is 98.8 cm³/mol. The summed E-state index contributed by atoms with van der Waals surface area (Å²) in [7, 11) is 0. The SMILES string of the molecule is CCNC(=NCc1cc(C)oc1C)N1CCN(c2ncccn2)CC1. The van der Waals surface area contributed by atoms with Crippen molar-refractivity contribution in [3.63, 3.8) is 0 Å². The van der Waals surface area contributed by atoms with Crippen molar-refractivity contribution in [1.29, 1.82) is 0 Å². The number of hydrogen-bond donors (Lipinski definition) is 1. The Balaban J connectivity index is 1.63. The van der Waals surface area contributed by atoms with Crippen LogP contribution in [-0.2, 0) is 6.54 Å². The molecule has 1 aliphatic rings. The average Bonchev–Trinajstić information content (AvgIpc) is 2.97. The summed E-state index contributed by atoms with van der Waals surface area (Å²) in [5, 5.41) is 3.40. The maximum atomic E-state index is 5.59. The van der Waals surface area contributed by atoms with Crippen LogP contribution in [0.2, 0.25) is 0 Å². The van der Waals surface area contributed by atoms with E-state index < -0.39 is 0 Å². The minimum absolute atomic E-state index is 0.632. The van der Waals surface area contributed by atoms with Crippen molar-refractivity contribution in [2.45, 2.75) is 27.3 Å². The number of rotatable bonds is 4. The molecule has 25 heavy (non-hydrogen) atoms. The molecule has 0 atom stereocenters. The second-order valence-electron chi connectivity index (χ2n) is 6.13. The van der Waals surface area contributed by atoms with Crippen LogP contribution in [0.3, 0.4) is 0 Å². The van der Waals surface area contributed by atoms with Gasteiger partial charge in [0.1, 0.15) is 11.5 Å². The number of anilines is 1. The second-order valence-corrected chi connectivity index (χ2v) is 6.13. The lowest BCUT2D eigenvalue weighted by Gasteiger charge is -2.36. The smallest absolute Gasteiger partial charge is 0.225 e. The maximum absolute atomic E-state index is 5.59. The first-order valence-corrected chi connectivity index (χ1v) is 8.78. The molecule has 1 fully saturated rings. The Morgan fingerprint density at radius 1 is 1.20 bits per heavy atom. The first-order valence-electron chi connectivity index (χ1n) is 8.78. The normalized spacial score (nSPS) is 15.6. The molecular weight excluding hydrogens is 316 g/mol. The van der Waals surface area contributed by atoms with Crippen molar-refractivity contribution in [1.82, 2.24) is 20.2 Å². The van der Waals surface area contributed by atoms with Crippen LogP contribution in [0.5, 0.6) is 0 Å². The van der Waals surface area contributed by atoms with Gasteiger partial charge >= 0.3 is 0 Å². The van der Waals surface area contributed by atoms with E-state index in [2.05, 4.69) is 38.1 Å². The fourth-order valence-corrected chi connectivity index (χ4v) is 3.00. The highest BCUT2D eigenvalue weighted by molar-refractivity contribution is 5.80. The van der Waals surface area contributed by atoms with Gasteiger partial charge in [0.05, 0.1) is 6.54 Å². The summed E-state index contributed by atoms with van der Waals surface area (Å²) >= 11 is 0. The van der Waals surface area contributed by atoms with E-state index in [0.29, 0.717) is 6.54 Å². The van der Waals surface area contributed by atoms with Gasteiger partial charge in [0.2, 0.25) is 5.95 Å². The molecule has 1 N–H and O–H groups in total. The summed E-state index contributed by atoms with van der Waals surface area (Å²) < 4.78 is 5.59. The molecule has 7 nitrogen and oxygen atoms in total. The lowest BCUT2D eigenvalue weighted by Crippen LogP contribution is -2.52. The Kier molecular flexibility index (Phi) is 5.53. The third-order valence-electron chi connectivity index (χ3n) is 4.29. The van der Waals surface area contributed by atoms with E-state index in [4.69, 9.17) is 9.41 Å². The number of hydrogen-bond acceptors (Lipinski definition) is 5. The third-order valence-corrected chi connectivity index (χ3v) is 4.29. The van der Waals surface area contributed by atoms with Crippen LogP contribution < -0.4 is 10.2 Å². The lowest BCUT2D eigenvalue weighted by molar-refractivity contribution is 0.370. The predicted octanol–water partition coefficient (Wildman–Crippen LogP) is 1.97. The highest BCUT2D eigenvalue weighted by atomic mass is 16.3. The molecular formula is C18H26N6O. The summed E-state index contributed by atoms with van der Waals surface area (Å²) in [5.74, 6) is 3.63. The molecule has 0 saturated carbocycles. The Hall–Kier alpha value is -2.57. The van der Waals surface area contributed by atoms with Crippen molar-refractivity contribution < 1.29 is 4.42 Å². The lowest BCUT2D eigenvalue weighted by atomic mass is 10.2. The van der Waals surface area contributed by atoms with E-state index in [1.807, 2.05) is 19.9 Å². The molecule has 7 heteroatoms. The number of aromatic nitrogens is 2. The Morgan fingerprint density at radius 3 is 2.52 bits per heavy atom. The average molecular weight is 342 g/mol. The number of piperazine rings is 1. The van der Waals surface area contributed by atoms with Gasteiger partial charge in [-0.2, -0.15) is 0 Å². The summed E-state index contributed by atoms with van der Waals surface area (Å²) in [4.78, 5) is 18.0. The molecule has 0 spiro atoms. The highest BCUT2D eigenvalue weighted by Gasteiger charge is 2.21. The topological polar surface area (TPSA) is 69.8 Å². The summed E-state index contributed by atoms with van der Waals surface area (Å²) in [5.41, 5.74) is 1.14. The zero-order valence-corrected chi connectivity index (χ0v) is 15.2. The van der Waals surface area contributed by atoms with Gasteiger partial charge in [0.15, 0.2) is 5.96 Å². The molecule has 0 bridgehead atoms. The number of nitrogens with zero attached hydrogens (tertiary/aromatic N) is 5. The van der Waals surface area contributed by atoms with E-state index in [9.17, 15) is 0 Å². The molecule has 0 aliphatic carbocycles. The molecule has 134 valence electrons. The van der Waals surface area contributed by atoms with E-state index in [1.54, 1.807) is 12.4 Å². The number of aliphatic imine (C=N–C) groups is 1. The first-order chi connectivity index (χ1) is 12.2. The van der Waals surface area contributed by atoms with Crippen molar-refractivity contribution in [2.24, 2.45) is 4.99 Å². The number of guanidine groups is 1. The van der Waals surface area contributed by atoms with Gasteiger partial charge in [-0.15, -0.1) is 0 Å². The third kappa shape index (κ3) is 4.29. The second kappa shape index (κ2) is 8.00. The molecule has 1 saturated heterocycles. The molecule has 0 radical (unpaired) electrons. The fraction of sp³-hybridized carbons (Fsp3) is 0.500. The van der Waals surface area contributed by atoms with Crippen LogP contribution in [0.1, 0.15) is 24.0 Å². The Morgan fingerprint density at radius 2 is 1.92 bits per heavy atom. The largest absolute Gasteiger partial charge is 0.466 e. The standard InChI is InChI=1S/C18H26N6O/c1-4-19-17(22-13-16-12-14(2)25-15(16)3)23-8-10-24(11-9-23)18-20-6-5-7-21-18/h5-7,12H,4,8-11,13H2,1-3H3,(H,19,22). The molecule has 0 unspecified atom stereocenters. The van der Waals surface area contributed by atoms with Crippen molar-refractivity contribution in [3.8, 4) is 0 Å². The monoisotopic (exact) mass is 342 g/mol. The molecule has 1 aliphatic heterocycles. The first kappa shape index (κ1) is 17.3. The summed E-state index contributed by atoms with van der Waals surface area (Å²) in [6, 6.07) is 3.91. The minimum atomic E-state index is 0.632. The van der Waals surface area contributed by atoms with E-state index in [-0.39, 0.29) is 0 Å². The minimum Gasteiger partial charge on any atom is -0.466 e. The van der Waals surface area contributed by atoms with Crippen molar-refractivity contribution >= 4 is 11.9 Å². The van der Waals surface area contributed by atoms with Gasteiger partial charge in [0, 0.05) is 50.7 Å². The van der Waals surface area contributed by atoms with E-state index in [1.165, 1.54) is 0 Å². The fourth-order valence-electron chi connectivity index (χ4n) is 3.00. The van der Waals surface area contributed by atoms with Crippen LogP contribution in [-0.4, -0.2) is 53.6 Å². The van der Waals surface area contributed by atoms with Crippen LogP contribution in [0.4, 0.5) is 5.95 Å². The van der Waals surface area contributed by atoms with Gasteiger partial charge in [-0.05, 0) is 32.9 Å². The van der Waals surface area contributed by atoms with E-state index in [0.717, 1.165) is 61.7 Å². The zero-order valence-electron chi connectivity index (χ0n) is 15.2. The maximum Gasteiger partial charge on any atom is 0.225 e. The van der Waals surface area contributed by atoms with E-state index >= 15 is 0 Å². The van der Waals surface area contributed by atoms with Crippen LogP contribution in [0, 0.1) is 13.8 Å². The Bertz CT molecular complexity index is 704. The van der Waals surface area contributed by atoms with Crippen LogP contribution in [0.15, 0.2) is 33.9 Å². The summed E-state index contributed by atoms with van der Waals surface area (Å²) in [6.07, 6.45) is 3.57. The zero-order chi connectivity index (χ0) is 17.6. The summed E-state index contributed by atoms with van der Waals surface area (Å²) in [6.45, 7) is 11.1. The molecule has 3 heterocycles. The molecule has 2 aromatic rings. The molecule has 3 rings (SSSR count). The quantitative estimate of drug-likeness (QED) is 0.677. The van der Waals surface area contributed by atoms with Crippen molar-refractivity contribution in [2.75, 3.05) is 37.6 Å². The highest BCUT2D eigenvalue weighted by Crippen LogP contribution is 2.15. The van der Waals surface area contributed by atoms with Gasteiger partial charge in [-0.3, -0.25) is 0 Å². The van der Waals surface area contributed by atoms with Gasteiger partial charge in [-0.25, -0.2) is 15.0 Å². The Labute approximate surface area is 148 Å². The molecule has 0 aromatic carbocycles. The van der Waals surface area contributed by atoms with Crippen molar-refractivity contribution in [3.05, 3.63) is 41.6 Å². The molecule has 0 amide bonds. The van der Waals surface area contributed by atoms with Gasteiger partial charge < -0.3 is 19.5 Å².